The second kappa shape index (κ2) is 7.30. The Labute approximate surface area is 147 Å². The third kappa shape index (κ3) is 4.70. The number of ether oxygens (including phenoxy) is 1. The van der Waals surface area contributed by atoms with Crippen molar-refractivity contribution in [1.82, 2.24) is 4.90 Å². The van der Waals surface area contributed by atoms with E-state index < -0.39 is 17.0 Å². The molecular formula is C19H26FNO4. The average Bonchev–Trinajstić information content (AvgIpc) is 2.97. The number of likely N-dealkylation sites (tertiary alicyclic amines) is 1. The van der Waals surface area contributed by atoms with Gasteiger partial charge in [0.05, 0.1) is 18.6 Å². The summed E-state index contributed by atoms with van der Waals surface area (Å²) in [6.07, 6.45) is 4.88. The molecule has 0 bridgehead atoms. The van der Waals surface area contributed by atoms with Crippen LogP contribution < -0.4 is 4.74 Å². The molecule has 2 fully saturated rings. The Kier molecular flexibility index (Phi) is 5.29. The number of aliphatic hydroxyl groups is 2. The van der Waals surface area contributed by atoms with E-state index in [1.54, 1.807) is 17.0 Å². The van der Waals surface area contributed by atoms with Crippen LogP contribution in [0.2, 0.25) is 0 Å². The summed E-state index contributed by atoms with van der Waals surface area (Å²) in [5, 5.41) is 21.2. The van der Waals surface area contributed by atoms with Crippen molar-refractivity contribution in [2.75, 3.05) is 19.7 Å². The van der Waals surface area contributed by atoms with Gasteiger partial charge in [0.2, 0.25) is 5.91 Å². The van der Waals surface area contributed by atoms with Gasteiger partial charge in [-0.3, -0.25) is 4.79 Å². The monoisotopic (exact) mass is 351 g/mol. The van der Waals surface area contributed by atoms with Gasteiger partial charge < -0.3 is 19.8 Å². The van der Waals surface area contributed by atoms with E-state index in [1.807, 2.05) is 0 Å². The van der Waals surface area contributed by atoms with Gasteiger partial charge in [0, 0.05) is 12.6 Å². The van der Waals surface area contributed by atoms with Crippen LogP contribution >= 0.6 is 0 Å². The lowest BCUT2D eigenvalue weighted by atomic mass is 9.82. The molecule has 1 aliphatic carbocycles. The number of hydrogen-bond acceptors (Lipinski definition) is 4. The SMILES string of the molecule is O=C(CC1(O)CCCCC1)N1CCC(O)(COc2cccc(F)c2)C1. The summed E-state index contributed by atoms with van der Waals surface area (Å²) >= 11 is 0. The number of carbonyl (C=O) groups excluding carboxylic acids is 1. The molecule has 2 aliphatic rings. The molecule has 0 spiro atoms. The highest BCUT2D eigenvalue weighted by atomic mass is 19.1. The Bertz CT molecular complexity index is 617. The van der Waals surface area contributed by atoms with Crippen molar-refractivity contribution in [3.05, 3.63) is 30.1 Å². The Morgan fingerprint density at radius 3 is 2.64 bits per heavy atom. The topological polar surface area (TPSA) is 70.0 Å². The number of carbonyl (C=O) groups is 1. The van der Waals surface area contributed by atoms with Crippen molar-refractivity contribution in [2.24, 2.45) is 0 Å². The molecule has 25 heavy (non-hydrogen) atoms. The molecule has 3 rings (SSSR count). The minimum Gasteiger partial charge on any atom is -0.490 e. The summed E-state index contributed by atoms with van der Waals surface area (Å²) < 4.78 is 18.7. The fourth-order valence-electron chi connectivity index (χ4n) is 3.74. The molecule has 6 heteroatoms. The highest BCUT2D eigenvalue weighted by Gasteiger charge is 2.41. The Hall–Kier alpha value is -1.66. The number of rotatable bonds is 5. The van der Waals surface area contributed by atoms with E-state index in [4.69, 9.17) is 4.74 Å². The Balaban J connectivity index is 1.52. The van der Waals surface area contributed by atoms with Gasteiger partial charge in [-0.15, -0.1) is 0 Å². The van der Waals surface area contributed by atoms with Gasteiger partial charge in [-0.2, -0.15) is 0 Å². The smallest absolute Gasteiger partial charge is 0.225 e. The number of nitrogens with zero attached hydrogens (tertiary/aromatic N) is 1. The summed E-state index contributed by atoms with van der Waals surface area (Å²) in [4.78, 5) is 14.1. The van der Waals surface area contributed by atoms with Crippen molar-refractivity contribution >= 4 is 5.91 Å². The van der Waals surface area contributed by atoms with Crippen LogP contribution in [0.25, 0.3) is 0 Å². The van der Waals surface area contributed by atoms with Gasteiger partial charge in [0.25, 0.3) is 0 Å². The minimum atomic E-state index is -1.14. The van der Waals surface area contributed by atoms with Gasteiger partial charge in [-0.05, 0) is 31.4 Å². The molecule has 2 N–H and O–H groups in total. The van der Waals surface area contributed by atoms with E-state index in [1.165, 1.54) is 12.1 Å². The fourth-order valence-corrected chi connectivity index (χ4v) is 3.74. The van der Waals surface area contributed by atoms with E-state index >= 15 is 0 Å². The second-order valence-corrected chi connectivity index (χ2v) is 7.50. The highest BCUT2D eigenvalue weighted by Crippen LogP contribution is 2.32. The number of hydrogen-bond donors (Lipinski definition) is 2. The first-order chi connectivity index (χ1) is 11.9. The van der Waals surface area contributed by atoms with Crippen molar-refractivity contribution in [3.8, 4) is 5.75 Å². The number of β-amino-alcohol motifs (C(OH)–C–C–N with tert-alkyl or cyclic N) is 1. The molecule has 1 aromatic carbocycles. The zero-order valence-electron chi connectivity index (χ0n) is 14.4. The molecule has 0 radical (unpaired) electrons. The first kappa shape index (κ1) is 18.1. The molecule has 1 aromatic rings. The van der Waals surface area contributed by atoms with E-state index in [9.17, 15) is 19.4 Å². The predicted octanol–water partition coefficient (Wildman–Crippen LogP) is 2.25. The van der Waals surface area contributed by atoms with E-state index in [0.717, 1.165) is 19.3 Å². The summed E-state index contributed by atoms with van der Waals surface area (Å²) in [6.45, 7) is 0.625. The van der Waals surface area contributed by atoms with Crippen LogP contribution in [-0.4, -0.2) is 51.9 Å². The normalized spacial score (nSPS) is 25.8. The second-order valence-electron chi connectivity index (χ2n) is 7.50. The molecule has 1 heterocycles. The van der Waals surface area contributed by atoms with Crippen molar-refractivity contribution in [2.45, 2.75) is 56.1 Å². The third-order valence-electron chi connectivity index (χ3n) is 5.25. The van der Waals surface area contributed by atoms with Crippen molar-refractivity contribution in [1.29, 1.82) is 0 Å². The predicted molar refractivity (Wildman–Crippen MR) is 90.7 cm³/mol. The van der Waals surface area contributed by atoms with Crippen LogP contribution in [0.1, 0.15) is 44.9 Å². The van der Waals surface area contributed by atoms with Crippen LogP contribution in [0, 0.1) is 5.82 Å². The lowest BCUT2D eigenvalue weighted by Gasteiger charge is -2.33. The van der Waals surface area contributed by atoms with E-state index in [-0.39, 0.29) is 25.5 Å². The molecule has 1 unspecified atom stereocenters. The largest absolute Gasteiger partial charge is 0.490 e. The highest BCUT2D eigenvalue weighted by molar-refractivity contribution is 5.77. The van der Waals surface area contributed by atoms with E-state index in [0.29, 0.717) is 31.6 Å². The van der Waals surface area contributed by atoms with Crippen LogP contribution in [-0.2, 0) is 4.79 Å². The molecule has 5 nitrogen and oxygen atoms in total. The van der Waals surface area contributed by atoms with Gasteiger partial charge in [-0.1, -0.05) is 25.3 Å². The number of halogens is 1. The van der Waals surface area contributed by atoms with Crippen LogP contribution in [0.15, 0.2) is 24.3 Å². The lowest BCUT2D eigenvalue weighted by Crippen LogP contribution is -2.43. The fraction of sp³-hybridized carbons (Fsp3) is 0.632. The summed E-state index contributed by atoms with van der Waals surface area (Å²) in [5.74, 6) is -0.158. The van der Waals surface area contributed by atoms with Crippen molar-refractivity contribution < 1.29 is 24.1 Å². The molecule has 1 saturated heterocycles. The maximum Gasteiger partial charge on any atom is 0.225 e. The maximum atomic E-state index is 13.2. The quantitative estimate of drug-likeness (QED) is 0.854. The minimum absolute atomic E-state index is 0.00447. The lowest BCUT2D eigenvalue weighted by molar-refractivity contribution is -0.138. The van der Waals surface area contributed by atoms with Crippen LogP contribution in [0.5, 0.6) is 5.75 Å². The number of benzene rings is 1. The molecule has 1 atom stereocenters. The van der Waals surface area contributed by atoms with Crippen LogP contribution in [0.3, 0.4) is 0 Å². The van der Waals surface area contributed by atoms with E-state index in [2.05, 4.69) is 0 Å². The Morgan fingerprint density at radius 1 is 1.16 bits per heavy atom. The molecule has 1 saturated carbocycles. The number of amides is 1. The summed E-state index contributed by atoms with van der Waals surface area (Å²) in [6, 6.07) is 5.76. The van der Waals surface area contributed by atoms with Gasteiger partial charge >= 0.3 is 0 Å². The zero-order valence-corrected chi connectivity index (χ0v) is 14.4. The third-order valence-corrected chi connectivity index (χ3v) is 5.25. The molecule has 1 amide bonds. The molecular weight excluding hydrogens is 325 g/mol. The first-order valence-electron chi connectivity index (χ1n) is 8.99. The van der Waals surface area contributed by atoms with Gasteiger partial charge in [-0.25, -0.2) is 4.39 Å². The van der Waals surface area contributed by atoms with Gasteiger partial charge in [0.1, 0.15) is 23.8 Å². The first-order valence-corrected chi connectivity index (χ1v) is 8.99. The van der Waals surface area contributed by atoms with Gasteiger partial charge in [0.15, 0.2) is 0 Å². The summed E-state index contributed by atoms with van der Waals surface area (Å²) in [5.41, 5.74) is -2.04. The Morgan fingerprint density at radius 2 is 1.92 bits per heavy atom. The van der Waals surface area contributed by atoms with Crippen molar-refractivity contribution in [3.63, 3.8) is 0 Å². The molecule has 138 valence electrons. The maximum absolute atomic E-state index is 13.2. The standard InChI is InChI=1S/C19H26FNO4/c20-15-5-4-6-16(11-15)25-14-19(24)9-10-21(13-19)17(22)12-18(23)7-2-1-3-8-18/h4-6,11,23-24H,1-3,7-10,12-14H2. The average molecular weight is 351 g/mol. The van der Waals surface area contributed by atoms with Crippen LogP contribution in [0.4, 0.5) is 4.39 Å². The zero-order chi connectivity index (χ0) is 17.9. The molecule has 1 aliphatic heterocycles. The molecule has 0 aromatic heterocycles. The summed E-state index contributed by atoms with van der Waals surface area (Å²) in [7, 11) is 0.